The van der Waals surface area contributed by atoms with Gasteiger partial charge in [0.25, 0.3) is 5.91 Å². The molecule has 0 bridgehead atoms. The number of anilines is 2. The van der Waals surface area contributed by atoms with Crippen LogP contribution in [0, 0.1) is 6.92 Å². The van der Waals surface area contributed by atoms with Crippen molar-refractivity contribution in [2.45, 2.75) is 13.5 Å². The number of amides is 3. The number of hydrogen-bond acceptors (Lipinski definition) is 4. The molecule has 28 heavy (non-hydrogen) atoms. The van der Waals surface area contributed by atoms with E-state index >= 15 is 0 Å². The minimum Gasteiger partial charge on any atom is -0.320 e. The molecule has 1 N–H and O–H groups in total. The average molecular weight is 392 g/mol. The van der Waals surface area contributed by atoms with E-state index in [1.807, 2.05) is 53.6 Å². The number of rotatable bonds is 5. The van der Waals surface area contributed by atoms with Crippen LogP contribution in [-0.4, -0.2) is 34.9 Å². The summed E-state index contributed by atoms with van der Waals surface area (Å²) in [5.74, 6) is 0.444. The summed E-state index contributed by atoms with van der Waals surface area (Å²) >= 11 is 1.41. The highest BCUT2D eigenvalue weighted by atomic mass is 32.1. The molecule has 3 heterocycles. The predicted molar refractivity (Wildman–Crippen MR) is 111 cm³/mol. The summed E-state index contributed by atoms with van der Waals surface area (Å²) in [5, 5.41) is 4.75. The highest BCUT2D eigenvalue weighted by Crippen LogP contribution is 2.22. The fourth-order valence-electron chi connectivity index (χ4n) is 3.16. The van der Waals surface area contributed by atoms with E-state index < -0.39 is 0 Å². The van der Waals surface area contributed by atoms with Crippen LogP contribution in [0.3, 0.4) is 0 Å². The van der Waals surface area contributed by atoms with Crippen LogP contribution in [0.4, 0.5) is 16.3 Å². The van der Waals surface area contributed by atoms with Crippen LogP contribution in [0.1, 0.15) is 20.8 Å². The standard InChI is InChI=1S/C21H20N4O2S/c1-15-9-12-28-19(15)20(26)23-17-7-8-18(22-13-17)25-11-10-24(21(25)27)14-16-5-3-2-4-6-16/h2-9,12-13H,10-11,14H2,1H3,(H,23,26). The van der Waals surface area contributed by atoms with E-state index in [0.717, 1.165) is 11.1 Å². The van der Waals surface area contributed by atoms with Gasteiger partial charge in [0.2, 0.25) is 0 Å². The van der Waals surface area contributed by atoms with E-state index in [-0.39, 0.29) is 11.9 Å². The van der Waals surface area contributed by atoms with Gasteiger partial charge in [-0.2, -0.15) is 0 Å². The van der Waals surface area contributed by atoms with Crippen LogP contribution in [-0.2, 0) is 6.54 Å². The van der Waals surface area contributed by atoms with Crippen LogP contribution in [0.25, 0.3) is 0 Å². The molecule has 7 heteroatoms. The van der Waals surface area contributed by atoms with Crippen molar-refractivity contribution in [1.29, 1.82) is 0 Å². The Morgan fingerprint density at radius 1 is 1.14 bits per heavy atom. The summed E-state index contributed by atoms with van der Waals surface area (Å²) in [6, 6.07) is 15.3. The summed E-state index contributed by atoms with van der Waals surface area (Å²) in [4.78, 5) is 33.6. The first-order valence-corrected chi connectivity index (χ1v) is 9.91. The molecule has 2 aromatic heterocycles. The largest absolute Gasteiger partial charge is 0.326 e. The molecule has 1 aromatic carbocycles. The van der Waals surface area contributed by atoms with Gasteiger partial charge in [-0.05, 0) is 41.6 Å². The van der Waals surface area contributed by atoms with Crippen molar-refractivity contribution >= 4 is 34.8 Å². The SMILES string of the molecule is Cc1ccsc1C(=O)Nc1ccc(N2CCN(Cc3ccccc3)C2=O)nc1. The number of pyridine rings is 1. The van der Waals surface area contributed by atoms with E-state index in [2.05, 4.69) is 10.3 Å². The molecule has 1 aliphatic heterocycles. The lowest BCUT2D eigenvalue weighted by Crippen LogP contribution is -2.31. The molecule has 142 valence electrons. The van der Waals surface area contributed by atoms with E-state index in [9.17, 15) is 9.59 Å². The minimum absolute atomic E-state index is 0.0534. The van der Waals surface area contributed by atoms with Crippen LogP contribution >= 0.6 is 11.3 Å². The van der Waals surface area contributed by atoms with Gasteiger partial charge in [0.1, 0.15) is 5.82 Å². The second kappa shape index (κ2) is 7.82. The van der Waals surface area contributed by atoms with Gasteiger partial charge in [0, 0.05) is 19.6 Å². The maximum Gasteiger partial charge on any atom is 0.326 e. The molecule has 1 aliphatic rings. The maximum atomic E-state index is 12.7. The number of aromatic nitrogens is 1. The normalized spacial score (nSPS) is 13.8. The Hall–Kier alpha value is -3.19. The minimum atomic E-state index is -0.145. The Labute approximate surface area is 167 Å². The van der Waals surface area contributed by atoms with Crippen molar-refractivity contribution in [3.8, 4) is 0 Å². The lowest BCUT2D eigenvalue weighted by molar-refractivity contribution is 0.103. The summed E-state index contributed by atoms with van der Waals surface area (Å²) in [5.41, 5.74) is 2.66. The Morgan fingerprint density at radius 3 is 2.64 bits per heavy atom. The first-order chi connectivity index (χ1) is 13.6. The lowest BCUT2D eigenvalue weighted by atomic mass is 10.2. The Balaban J connectivity index is 1.41. The molecule has 6 nitrogen and oxygen atoms in total. The smallest absolute Gasteiger partial charge is 0.320 e. The fourth-order valence-corrected chi connectivity index (χ4v) is 3.98. The van der Waals surface area contributed by atoms with Gasteiger partial charge in [-0.1, -0.05) is 30.3 Å². The number of benzene rings is 1. The number of nitrogens with one attached hydrogen (secondary N) is 1. The second-order valence-electron chi connectivity index (χ2n) is 6.63. The predicted octanol–water partition coefficient (Wildman–Crippen LogP) is 4.15. The van der Waals surface area contributed by atoms with Gasteiger partial charge in [-0.25, -0.2) is 9.78 Å². The zero-order valence-electron chi connectivity index (χ0n) is 15.5. The van der Waals surface area contributed by atoms with Crippen molar-refractivity contribution in [3.63, 3.8) is 0 Å². The van der Waals surface area contributed by atoms with Crippen LogP contribution in [0.5, 0.6) is 0 Å². The first kappa shape index (κ1) is 18.2. The van der Waals surface area contributed by atoms with Gasteiger partial charge in [0.05, 0.1) is 16.8 Å². The van der Waals surface area contributed by atoms with Crippen molar-refractivity contribution < 1.29 is 9.59 Å². The molecule has 0 unspecified atom stereocenters. The van der Waals surface area contributed by atoms with Crippen molar-refractivity contribution in [3.05, 3.63) is 76.1 Å². The summed E-state index contributed by atoms with van der Waals surface area (Å²) in [7, 11) is 0. The Bertz CT molecular complexity index is 985. The monoisotopic (exact) mass is 392 g/mol. The molecule has 0 aliphatic carbocycles. The van der Waals surface area contributed by atoms with Crippen LogP contribution < -0.4 is 10.2 Å². The number of nitrogens with zero attached hydrogens (tertiary/aromatic N) is 3. The third kappa shape index (κ3) is 3.75. The molecule has 0 radical (unpaired) electrons. The summed E-state index contributed by atoms with van der Waals surface area (Å²) in [6.45, 7) is 3.75. The molecule has 1 saturated heterocycles. The molecule has 0 atom stereocenters. The van der Waals surface area contributed by atoms with Crippen molar-refractivity contribution in [1.82, 2.24) is 9.88 Å². The number of thiophene rings is 1. The van der Waals surface area contributed by atoms with Gasteiger partial charge >= 0.3 is 6.03 Å². The molecule has 0 spiro atoms. The highest BCUT2D eigenvalue weighted by molar-refractivity contribution is 7.12. The number of aryl methyl sites for hydroxylation is 1. The summed E-state index contributed by atoms with van der Waals surface area (Å²) in [6.07, 6.45) is 1.59. The topological polar surface area (TPSA) is 65.5 Å². The third-order valence-electron chi connectivity index (χ3n) is 4.66. The van der Waals surface area contributed by atoms with E-state index in [4.69, 9.17) is 0 Å². The number of hydrogen-bond donors (Lipinski definition) is 1. The van der Waals surface area contributed by atoms with E-state index in [1.165, 1.54) is 11.3 Å². The van der Waals surface area contributed by atoms with Crippen molar-refractivity contribution in [2.24, 2.45) is 0 Å². The molecule has 3 amide bonds. The highest BCUT2D eigenvalue weighted by Gasteiger charge is 2.30. The van der Waals surface area contributed by atoms with Gasteiger partial charge in [0.15, 0.2) is 0 Å². The zero-order valence-corrected chi connectivity index (χ0v) is 16.3. The van der Waals surface area contributed by atoms with E-state index in [0.29, 0.717) is 36.0 Å². The second-order valence-corrected chi connectivity index (χ2v) is 7.55. The van der Waals surface area contributed by atoms with Crippen LogP contribution in [0.2, 0.25) is 0 Å². The quantitative estimate of drug-likeness (QED) is 0.709. The van der Waals surface area contributed by atoms with Crippen LogP contribution in [0.15, 0.2) is 60.1 Å². The number of urea groups is 1. The Kier molecular flexibility index (Phi) is 5.08. The first-order valence-electron chi connectivity index (χ1n) is 9.03. The van der Waals surface area contributed by atoms with Gasteiger partial charge in [-0.3, -0.25) is 9.69 Å². The van der Waals surface area contributed by atoms with E-state index in [1.54, 1.807) is 23.2 Å². The molecule has 1 fully saturated rings. The average Bonchev–Trinajstić information content (AvgIpc) is 3.29. The maximum absolute atomic E-state index is 12.7. The third-order valence-corrected chi connectivity index (χ3v) is 5.68. The lowest BCUT2D eigenvalue weighted by Gasteiger charge is -2.18. The molecule has 0 saturated carbocycles. The molecular formula is C21H20N4O2S. The van der Waals surface area contributed by atoms with Gasteiger partial charge in [-0.15, -0.1) is 11.3 Å². The molecule has 4 rings (SSSR count). The Morgan fingerprint density at radius 2 is 1.96 bits per heavy atom. The summed E-state index contributed by atoms with van der Waals surface area (Å²) < 4.78 is 0. The van der Waals surface area contributed by atoms with Crippen molar-refractivity contribution in [2.75, 3.05) is 23.3 Å². The fraction of sp³-hybridized carbons (Fsp3) is 0.190. The molecule has 3 aromatic rings. The van der Waals surface area contributed by atoms with Gasteiger partial charge < -0.3 is 10.2 Å². The number of carbonyl (C=O) groups is 2. The number of carbonyl (C=O) groups excluding carboxylic acids is 2. The zero-order chi connectivity index (χ0) is 19.5. The molecular weight excluding hydrogens is 372 g/mol.